The van der Waals surface area contributed by atoms with Gasteiger partial charge in [0.05, 0.1) is 23.2 Å². The molecule has 4 rings (SSSR count). The molecule has 3 aromatic rings. The molecule has 0 atom stereocenters. The van der Waals surface area contributed by atoms with Gasteiger partial charge in [-0.05, 0) is 85.4 Å². The zero-order valence-corrected chi connectivity index (χ0v) is 22.9. The van der Waals surface area contributed by atoms with Crippen LogP contribution in [0.4, 0.5) is 13.2 Å². The van der Waals surface area contributed by atoms with Crippen LogP contribution in [0.15, 0.2) is 53.4 Å². The smallest absolute Gasteiger partial charge is 0.391 e. The SMILES string of the molecule is CCc1cc2cc(C(=O)NCc3ccc(S(=O)(=O)CC)cc3)ccc2c(OC[C@H]2CC[C@H](C(F)(F)F)CC2)n1. The van der Waals surface area contributed by atoms with Crippen LogP contribution in [-0.2, 0) is 22.8 Å². The first kappa shape index (κ1) is 28.9. The predicted molar refractivity (Wildman–Crippen MR) is 143 cm³/mol. The minimum atomic E-state index is -4.13. The van der Waals surface area contributed by atoms with Gasteiger partial charge in [-0.1, -0.05) is 26.0 Å². The lowest BCUT2D eigenvalue weighted by Gasteiger charge is -2.29. The van der Waals surface area contributed by atoms with E-state index >= 15 is 0 Å². The van der Waals surface area contributed by atoms with Gasteiger partial charge in [0.1, 0.15) is 0 Å². The number of hydrogen-bond acceptors (Lipinski definition) is 5. The van der Waals surface area contributed by atoms with Crippen molar-refractivity contribution in [1.82, 2.24) is 10.3 Å². The van der Waals surface area contributed by atoms with Gasteiger partial charge in [-0.3, -0.25) is 4.79 Å². The van der Waals surface area contributed by atoms with Crippen molar-refractivity contribution in [2.24, 2.45) is 11.8 Å². The fraction of sp³-hybridized carbons (Fsp3) is 0.448. The summed E-state index contributed by atoms with van der Waals surface area (Å²) in [6.07, 6.45) is -2.29. The average Bonchev–Trinajstić information content (AvgIpc) is 2.94. The molecule has 1 amide bonds. The summed E-state index contributed by atoms with van der Waals surface area (Å²) in [6, 6.07) is 13.6. The number of sulfone groups is 1. The Kier molecular flexibility index (Phi) is 8.83. The molecule has 1 saturated carbocycles. The molecule has 0 radical (unpaired) electrons. The lowest BCUT2D eigenvalue weighted by Crippen LogP contribution is -2.29. The van der Waals surface area contributed by atoms with E-state index in [-0.39, 0.29) is 41.9 Å². The highest BCUT2D eigenvalue weighted by Crippen LogP contribution is 2.39. The van der Waals surface area contributed by atoms with Crippen molar-refractivity contribution in [3.05, 3.63) is 65.4 Å². The molecule has 39 heavy (non-hydrogen) atoms. The van der Waals surface area contributed by atoms with E-state index in [4.69, 9.17) is 4.74 Å². The van der Waals surface area contributed by atoms with E-state index in [1.54, 1.807) is 49.4 Å². The lowest BCUT2D eigenvalue weighted by molar-refractivity contribution is -0.184. The number of halogens is 3. The molecule has 1 fully saturated rings. The molecule has 0 aliphatic heterocycles. The molecule has 2 aromatic carbocycles. The number of alkyl halides is 3. The summed E-state index contributed by atoms with van der Waals surface area (Å²) < 4.78 is 68.9. The number of ether oxygens (including phenoxy) is 1. The monoisotopic (exact) mass is 562 g/mol. The van der Waals surface area contributed by atoms with Crippen molar-refractivity contribution in [1.29, 1.82) is 0 Å². The fourth-order valence-electron chi connectivity index (χ4n) is 4.83. The second-order valence-corrected chi connectivity index (χ2v) is 12.3. The number of carbonyl (C=O) groups is 1. The van der Waals surface area contributed by atoms with Gasteiger partial charge in [-0.25, -0.2) is 13.4 Å². The minimum absolute atomic E-state index is 0.0238. The molecule has 0 unspecified atom stereocenters. The van der Waals surface area contributed by atoms with Gasteiger partial charge in [0.2, 0.25) is 5.88 Å². The number of carbonyl (C=O) groups excluding carboxylic acids is 1. The Morgan fingerprint density at radius 2 is 1.72 bits per heavy atom. The van der Waals surface area contributed by atoms with Gasteiger partial charge < -0.3 is 10.1 Å². The molecule has 1 N–H and O–H groups in total. The summed E-state index contributed by atoms with van der Waals surface area (Å²) in [6.45, 7) is 4.10. The molecule has 0 saturated heterocycles. The third-order valence-electron chi connectivity index (χ3n) is 7.35. The number of fused-ring (bicyclic) bond motifs is 1. The first-order valence-corrected chi connectivity index (χ1v) is 14.9. The summed E-state index contributed by atoms with van der Waals surface area (Å²) in [7, 11) is -3.28. The molecule has 1 heterocycles. The number of pyridine rings is 1. The molecule has 10 heteroatoms. The third-order valence-corrected chi connectivity index (χ3v) is 9.11. The second-order valence-electron chi connectivity index (χ2n) is 10.0. The van der Waals surface area contributed by atoms with Crippen LogP contribution in [0.5, 0.6) is 5.88 Å². The molecular weight excluding hydrogens is 529 g/mol. The topological polar surface area (TPSA) is 85.4 Å². The second kappa shape index (κ2) is 11.9. The van der Waals surface area contributed by atoms with Crippen molar-refractivity contribution in [3.8, 4) is 5.88 Å². The van der Waals surface area contributed by atoms with Crippen LogP contribution >= 0.6 is 0 Å². The maximum absolute atomic E-state index is 13.0. The normalized spacial score (nSPS) is 18.2. The Morgan fingerprint density at radius 1 is 1.03 bits per heavy atom. The van der Waals surface area contributed by atoms with Crippen LogP contribution in [-0.4, -0.2) is 37.8 Å². The summed E-state index contributed by atoms with van der Waals surface area (Å²) in [5, 5.41) is 4.39. The Hall–Kier alpha value is -3.14. The van der Waals surface area contributed by atoms with Crippen LogP contribution in [0, 0.1) is 11.8 Å². The fourth-order valence-corrected chi connectivity index (χ4v) is 5.71. The van der Waals surface area contributed by atoms with Crippen molar-refractivity contribution in [2.45, 2.75) is 63.6 Å². The van der Waals surface area contributed by atoms with E-state index in [2.05, 4.69) is 10.3 Å². The van der Waals surface area contributed by atoms with E-state index < -0.39 is 21.9 Å². The van der Waals surface area contributed by atoms with E-state index in [0.29, 0.717) is 37.3 Å². The first-order chi connectivity index (χ1) is 18.5. The standard InChI is InChI=1S/C29H33F3N2O4S/c1-3-24-16-22-15-21(27(35)33-17-19-7-12-25(13-8-19)39(36,37)4-2)9-14-26(22)28(34-24)38-18-20-5-10-23(11-6-20)29(30,31)32/h7-9,12-16,20,23H,3-6,10-11,17-18H2,1-2H3,(H,33,35)/t20-,23-. The van der Waals surface area contributed by atoms with E-state index in [1.165, 1.54) is 0 Å². The molecular formula is C29H33F3N2O4S. The molecule has 1 aromatic heterocycles. The number of nitrogens with one attached hydrogen (secondary N) is 1. The molecule has 1 aliphatic carbocycles. The summed E-state index contributed by atoms with van der Waals surface area (Å²) in [4.78, 5) is 17.7. The van der Waals surface area contributed by atoms with Crippen LogP contribution in [0.2, 0.25) is 0 Å². The highest BCUT2D eigenvalue weighted by atomic mass is 32.2. The number of rotatable bonds is 9. The summed E-state index contributed by atoms with van der Waals surface area (Å²) in [5.74, 6) is -1.00. The highest BCUT2D eigenvalue weighted by molar-refractivity contribution is 7.91. The van der Waals surface area contributed by atoms with Crippen LogP contribution < -0.4 is 10.1 Å². The van der Waals surface area contributed by atoms with Gasteiger partial charge in [0.25, 0.3) is 5.91 Å². The number of aromatic nitrogens is 1. The summed E-state index contributed by atoms with van der Waals surface area (Å²) in [5.41, 5.74) is 2.02. The number of benzene rings is 2. The van der Waals surface area contributed by atoms with Gasteiger partial charge in [0.15, 0.2) is 9.84 Å². The molecule has 6 nitrogen and oxygen atoms in total. The average molecular weight is 563 g/mol. The van der Waals surface area contributed by atoms with Crippen molar-refractivity contribution >= 4 is 26.5 Å². The number of aryl methyl sites for hydroxylation is 1. The molecule has 1 aliphatic rings. The van der Waals surface area contributed by atoms with E-state index in [9.17, 15) is 26.4 Å². The Labute approximate surface area is 226 Å². The predicted octanol–water partition coefficient (Wildman–Crippen LogP) is 6.27. The zero-order chi connectivity index (χ0) is 28.2. The Morgan fingerprint density at radius 3 is 2.33 bits per heavy atom. The van der Waals surface area contributed by atoms with Crippen LogP contribution in [0.3, 0.4) is 0 Å². The van der Waals surface area contributed by atoms with Gasteiger partial charge in [-0.2, -0.15) is 13.2 Å². The van der Waals surface area contributed by atoms with Crippen molar-refractivity contribution in [3.63, 3.8) is 0 Å². The minimum Gasteiger partial charge on any atom is -0.477 e. The van der Waals surface area contributed by atoms with E-state index in [1.807, 2.05) is 13.0 Å². The van der Waals surface area contributed by atoms with Crippen LogP contribution in [0.1, 0.15) is 61.1 Å². The summed E-state index contributed by atoms with van der Waals surface area (Å²) >= 11 is 0. The quantitative estimate of drug-likeness (QED) is 0.332. The first-order valence-electron chi connectivity index (χ1n) is 13.2. The lowest BCUT2D eigenvalue weighted by atomic mass is 9.82. The van der Waals surface area contributed by atoms with Gasteiger partial charge in [0, 0.05) is 23.2 Å². The third kappa shape index (κ3) is 7.09. The molecule has 210 valence electrons. The number of amides is 1. The van der Waals surface area contributed by atoms with Gasteiger partial charge >= 0.3 is 6.18 Å². The van der Waals surface area contributed by atoms with E-state index in [0.717, 1.165) is 22.0 Å². The van der Waals surface area contributed by atoms with Crippen molar-refractivity contribution < 1.29 is 31.1 Å². The Balaban J connectivity index is 1.42. The zero-order valence-electron chi connectivity index (χ0n) is 22.1. The Bertz CT molecular complexity index is 1410. The maximum Gasteiger partial charge on any atom is 0.391 e. The van der Waals surface area contributed by atoms with Gasteiger partial charge in [-0.15, -0.1) is 0 Å². The van der Waals surface area contributed by atoms with Crippen molar-refractivity contribution in [2.75, 3.05) is 12.4 Å². The number of hydrogen-bond donors (Lipinski definition) is 1. The maximum atomic E-state index is 13.0. The largest absolute Gasteiger partial charge is 0.477 e. The molecule has 0 bridgehead atoms. The highest BCUT2D eigenvalue weighted by Gasteiger charge is 2.41. The van der Waals surface area contributed by atoms with Crippen LogP contribution in [0.25, 0.3) is 10.8 Å². The molecule has 0 spiro atoms. The number of nitrogens with zero attached hydrogens (tertiary/aromatic N) is 1.